The molecular weight excluding hydrogens is 312 g/mol. The van der Waals surface area contributed by atoms with Crippen molar-refractivity contribution in [1.82, 2.24) is 0 Å². The van der Waals surface area contributed by atoms with E-state index in [0.717, 1.165) is 6.42 Å². The van der Waals surface area contributed by atoms with E-state index in [-0.39, 0.29) is 0 Å². The van der Waals surface area contributed by atoms with Crippen LogP contribution in [0.3, 0.4) is 0 Å². The minimum atomic E-state index is 0.338. The second-order valence-corrected chi connectivity index (χ2v) is 6.18. The van der Waals surface area contributed by atoms with Gasteiger partial charge in [0.05, 0.1) is 0 Å². The predicted molar refractivity (Wildman–Crippen MR) is 115 cm³/mol. The Morgan fingerprint density at radius 1 is 0.731 bits per heavy atom. The smallest absolute Gasteiger partial charge is 0.0201 e. The number of rotatable bonds is 6. The molecule has 1 aliphatic carbocycles. The number of hydrogen-bond donors (Lipinski definition) is 0. The molecule has 0 aliphatic heterocycles. The van der Waals surface area contributed by atoms with Crippen molar-refractivity contribution in [2.45, 2.75) is 6.42 Å². The van der Waals surface area contributed by atoms with Gasteiger partial charge in [0.2, 0.25) is 0 Å². The summed E-state index contributed by atoms with van der Waals surface area (Å²) in [5.41, 5.74) is 3.81. The van der Waals surface area contributed by atoms with Gasteiger partial charge in [-0.15, -0.1) is 0 Å². The van der Waals surface area contributed by atoms with Gasteiger partial charge in [-0.3, -0.25) is 0 Å². The van der Waals surface area contributed by atoms with Crippen LogP contribution in [0.1, 0.15) is 17.5 Å². The first-order valence-electron chi connectivity index (χ1n) is 9.08. The van der Waals surface area contributed by atoms with Crippen LogP contribution in [-0.4, -0.2) is 0 Å². The molecule has 26 heavy (non-hydrogen) atoms. The lowest BCUT2D eigenvalue weighted by atomic mass is 9.93. The topological polar surface area (TPSA) is 0 Å². The number of hydrogen-bond acceptors (Lipinski definition) is 0. The summed E-state index contributed by atoms with van der Waals surface area (Å²) in [5.74, 6) is 0.338. The Hall–Kier alpha value is -3.12. The van der Waals surface area contributed by atoms with Gasteiger partial charge in [0.15, 0.2) is 0 Å². The fraction of sp³-hybridized carbons (Fsp3) is 0.0769. The lowest BCUT2D eigenvalue weighted by Crippen LogP contribution is -1.97. The zero-order chi connectivity index (χ0) is 17.9. The third-order valence-corrected chi connectivity index (χ3v) is 4.22. The highest BCUT2D eigenvalue weighted by Gasteiger charge is 2.06. The monoisotopic (exact) mass is 336 g/mol. The van der Waals surface area contributed by atoms with Gasteiger partial charge in [0.1, 0.15) is 0 Å². The molecule has 0 heterocycles. The second kappa shape index (κ2) is 10.0. The summed E-state index contributed by atoms with van der Waals surface area (Å²) in [6.07, 6.45) is 24.9. The Balaban J connectivity index is 1.58. The van der Waals surface area contributed by atoms with E-state index in [1.165, 1.54) is 16.7 Å². The van der Waals surface area contributed by atoms with E-state index < -0.39 is 0 Å². The molecule has 1 atom stereocenters. The van der Waals surface area contributed by atoms with Gasteiger partial charge in [0, 0.05) is 5.92 Å². The van der Waals surface area contributed by atoms with Crippen LogP contribution in [0.15, 0.2) is 121 Å². The summed E-state index contributed by atoms with van der Waals surface area (Å²) >= 11 is 0. The molecule has 2 aromatic carbocycles. The molecule has 128 valence electrons. The van der Waals surface area contributed by atoms with Crippen LogP contribution in [-0.2, 0) is 0 Å². The van der Waals surface area contributed by atoms with E-state index in [2.05, 4.69) is 115 Å². The first-order chi connectivity index (χ1) is 12.9. The Labute approximate surface area is 156 Å². The van der Waals surface area contributed by atoms with Crippen LogP contribution in [0, 0.1) is 5.92 Å². The molecule has 0 fully saturated rings. The number of allylic oxidation sites excluding steroid dienone is 10. The SMILES string of the molecule is C1=C/C(=C/C/C=C/c2ccccc2)C(/C=C/C=C/c2ccccc2)C=C1. The Morgan fingerprint density at radius 3 is 2.15 bits per heavy atom. The van der Waals surface area contributed by atoms with Crippen LogP contribution in [0.5, 0.6) is 0 Å². The molecule has 1 unspecified atom stereocenters. The first kappa shape index (κ1) is 17.7. The lowest BCUT2D eigenvalue weighted by Gasteiger charge is -2.12. The molecule has 0 saturated carbocycles. The van der Waals surface area contributed by atoms with Crippen molar-refractivity contribution in [2.75, 3.05) is 0 Å². The summed E-state index contributed by atoms with van der Waals surface area (Å²) in [4.78, 5) is 0. The molecule has 1 aliphatic rings. The van der Waals surface area contributed by atoms with Gasteiger partial charge in [-0.1, -0.05) is 127 Å². The normalized spacial score (nSPS) is 18.6. The average molecular weight is 336 g/mol. The molecule has 0 N–H and O–H groups in total. The molecule has 0 aromatic heterocycles. The predicted octanol–water partition coefficient (Wildman–Crippen LogP) is 7.03. The van der Waals surface area contributed by atoms with E-state index in [1.807, 2.05) is 12.1 Å². The third kappa shape index (κ3) is 5.75. The Morgan fingerprint density at radius 2 is 1.42 bits per heavy atom. The van der Waals surface area contributed by atoms with E-state index in [4.69, 9.17) is 0 Å². The zero-order valence-corrected chi connectivity index (χ0v) is 14.9. The summed E-state index contributed by atoms with van der Waals surface area (Å²) in [6.45, 7) is 0. The van der Waals surface area contributed by atoms with Crippen LogP contribution < -0.4 is 0 Å². The maximum absolute atomic E-state index is 2.30. The van der Waals surface area contributed by atoms with Crippen molar-refractivity contribution < 1.29 is 0 Å². The maximum atomic E-state index is 2.30. The Bertz CT molecular complexity index is 843. The van der Waals surface area contributed by atoms with Crippen molar-refractivity contribution in [3.8, 4) is 0 Å². The van der Waals surface area contributed by atoms with Gasteiger partial charge in [-0.2, -0.15) is 0 Å². The van der Waals surface area contributed by atoms with E-state index >= 15 is 0 Å². The highest BCUT2D eigenvalue weighted by Crippen LogP contribution is 2.21. The summed E-state index contributed by atoms with van der Waals surface area (Å²) in [6, 6.07) is 20.8. The van der Waals surface area contributed by atoms with Crippen molar-refractivity contribution in [2.24, 2.45) is 5.92 Å². The van der Waals surface area contributed by atoms with Crippen molar-refractivity contribution in [3.63, 3.8) is 0 Å². The van der Waals surface area contributed by atoms with Gasteiger partial charge < -0.3 is 0 Å². The summed E-state index contributed by atoms with van der Waals surface area (Å²) in [7, 11) is 0. The second-order valence-electron chi connectivity index (χ2n) is 6.18. The van der Waals surface area contributed by atoms with Crippen LogP contribution in [0.2, 0.25) is 0 Å². The van der Waals surface area contributed by atoms with Crippen molar-refractivity contribution in [1.29, 1.82) is 0 Å². The minimum Gasteiger partial charge on any atom is -0.0801 e. The average Bonchev–Trinajstić information content (AvgIpc) is 2.71. The molecule has 0 heteroatoms. The van der Waals surface area contributed by atoms with E-state index in [1.54, 1.807) is 0 Å². The van der Waals surface area contributed by atoms with Gasteiger partial charge >= 0.3 is 0 Å². The van der Waals surface area contributed by atoms with E-state index in [9.17, 15) is 0 Å². The highest BCUT2D eigenvalue weighted by molar-refractivity contribution is 5.51. The zero-order valence-electron chi connectivity index (χ0n) is 14.9. The quantitative estimate of drug-likeness (QED) is 0.497. The largest absolute Gasteiger partial charge is 0.0801 e. The van der Waals surface area contributed by atoms with E-state index in [0.29, 0.717) is 5.92 Å². The maximum Gasteiger partial charge on any atom is 0.0201 e. The molecule has 3 rings (SSSR count). The van der Waals surface area contributed by atoms with Crippen LogP contribution in [0.4, 0.5) is 0 Å². The van der Waals surface area contributed by atoms with Crippen LogP contribution >= 0.6 is 0 Å². The summed E-state index contributed by atoms with van der Waals surface area (Å²) in [5, 5.41) is 0. The number of benzene rings is 2. The molecule has 0 amide bonds. The summed E-state index contributed by atoms with van der Waals surface area (Å²) < 4.78 is 0. The molecular formula is C26H24. The fourth-order valence-electron chi connectivity index (χ4n) is 2.84. The highest BCUT2D eigenvalue weighted by atomic mass is 14.1. The minimum absolute atomic E-state index is 0.338. The van der Waals surface area contributed by atoms with Crippen molar-refractivity contribution >= 4 is 12.2 Å². The standard InChI is InChI=1S/C26H24/c1-3-13-23(14-4-1)17-7-9-19-25-21-11-12-22-26(25)20-10-8-18-24-15-5-2-6-16-24/h1-9,11-22,25H,10H2/b17-7+,18-8+,19-9+,26-20-. The van der Waals surface area contributed by atoms with Gasteiger partial charge in [-0.05, 0) is 23.1 Å². The molecule has 0 spiro atoms. The molecule has 0 saturated heterocycles. The van der Waals surface area contributed by atoms with Gasteiger partial charge in [0.25, 0.3) is 0 Å². The Kier molecular flexibility index (Phi) is 6.81. The molecule has 2 aromatic rings. The molecule has 0 nitrogen and oxygen atoms in total. The van der Waals surface area contributed by atoms with Crippen LogP contribution in [0.25, 0.3) is 12.2 Å². The lowest BCUT2D eigenvalue weighted by molar-refractivity contribution is 0.983. The third-order valence-electron chi connectivity index (χ3n) is 4.22. The first-order valence-corrected chi connectivity index (χ1v) is 9.08. The molecule has 0 radical (unpaired) electrons. The molecule has 0 bridgehead atoms. The van der Waals surface area contributed by atoms with Crippen molar-refractivity contribution in [3.05, 3.63) is 132 Å². The van der Waals surface area contributed by atoms with Gasteiger partial charge in [-0.25, -0.2) is 0 Å². The fourth-order valence-corrected chi connectivity index (χ4v) is 2.84.